The number of benzene rings is 1. The van der Waals surface area contributed by atoms with Gasteiger partial charge in [-0.2, -0.15) is 0 Å². The van der Waals surface area contributed by atoms with Crippen LogP contribution in [0, 0.1) is 13.8 Å². The van der Waals surface area contributed by atoms with Crippen LogP contribution in [0.3, 0.4) is 0 Å². The molecule has 0 saturated carbocycles. The molecule has 98 valence electrons. The van der Waals surface area contributed by atoms with Crippen LogP contribution in [0.25, 0.3) is 0 Å². The van der Waals surface area contributed by atoms with E-state index in [-0.39, 0.29) is 24.8 Å². The second kappa shape index (κ2) is 6.19. The highest BCUT2D eigenvalue weighted by Gasteiger charge is 2.11. The molecule has 0 aliphatic heterocycles. The third kappa shape index (κ3) is 4.99. The Balaban J connectivity index is 2.56. The van der Waals surface area contributed by atoms with Gasteiger partial charge < -0.3 is 10.4 Å². The molecule has 4 heteroatoms. The van der Waals surface area contributed by atoms with Gasteiger partial charge in [-0.15, -0.1) is 0 Å². The standard InChI is InChI=1S/C14H19NO3/c1-9-4-10(2)6-12(5-9)8-13(16)15-11(3)7-14(17)18/h4-6,11H,7-8H2,1-3H3,(H,15,16)(H,17,18). The van der Waals surface area contributed by atoms with Gasteiger partial charge in [0.1, 0.15) is 0 Å². The molecule has 1 rings (SSSR count). The van der Waals surface area contributed by atoms with Crippen molar-refractivity contribution >= 4 is 11.9 Å². The fraction of sp³-hybridized carbons (Fsp3) is 0.429. The molecule has 1 aromatic carbocycles. The van der Waals surface area contributed by atoms with Crippen molar-refractivity contribution in [3.63, 3.8) is 0 Å². The van der Waals surface area contributed by atoms with Gasteiger partial charge in [0.05, 0.1) is 12.8 Å². The van der Waals surface area contributed by atoms with E-state index in [2.05, 4.69) is 11.4 Å². The maximum absolute atomic E-state index is 11.7. The molecule has 0 radical (unpaired) electrons. The number of hydrogen-bond acceptors (Lipinski definition) is 2. The van der Waals surface area contributed by atoms with Crippen molar-refractivity contribution in [3.8, 4) is 0 Å². The summed E-state index contributed by atoms with van der Waals surface area (Å²) in [4.78, 5) is 22.2. The largest absolute Gasteiger partial charge is 0.481 e. The molecule has 1 aromatic rings. The number of rotatable bonds is 5. The van der Waals surface area contributed by atoms with Crippen LogP contribution in [0.15, 0.2) is 18.2 Å². The van der Waals surface area contributed by atoms with Gasteiger partial charge in [-0.1, -0.05) is 29.3 Å². The Hall–Kier alpha value is -1.84. The Labute approximate surface area is 107 Å². The summed E-state index contributed by atoms with van der Waals surface area (Å²) >= 11 is 0. The predicted octanol–water partition coefficient (Wildman–Crippen LogP) is 1.83. The Kier molecular flexibility index (Phi) is 4.89. The van der Waals surface area contributed by atoms with Crippen LogP contribution in [-0.4, -0.2) is 23.0 Å². The molecule has 0 saturated heterocycles. The van der Waals surface area contributed by atoms with E-state index >= 15 is 0 Å². The van der Waals surface area contributed by atoms with Gasteiger partial charge in [0.25, 0.3) is 0 Å². The van der Waals surface area contributed by atoms with Gasteiger partial charge >= 0.3 is 5.97 Å². The molecule has 1 unspecified atom stereocenters. The topological polar surface area (TPSA) is 66.4 Å². The van der Waals surface area contributed by atoms with Crippen LogP contribution >= 0.6 is 0 Å². The minimum absolute atomic E-state index is 0.0570. The van der Waals surface area contributed by atoms with Gasteiger partial charge in [-0.3, -0.25) is 9.59 Å². The Morgan fingerprint density at radius 2 is 1.78 bits per heavy atom. The van der Waals surface area contributed by atoms with Crippen molar-refractivity contribution < 1.29 is 14.7 Å². The number of nitrogens with one attached hydrogen (secondary N) is 1. The molecule has 0 spiro atoms. The summed E-state index contributed by atoms with van der Waals surface area (Å²) in [5.41, 5.74) is 3.19. The Morgan fingerprint density at radius 3 is 2.28 bits per heavy atom. The zero-order chi connectivity index (χ0) is 13.7. The van der Waals surface area contributed by atoms with Crippen molar-refractivity contribution in [1.82, 2.24) is 5.32 Å². The van der Waals surface area contributed by atoms with Crippen LogP contribution in [-0.2, 0) is 16.0 Å². The van der Waals surface area contributed by atoms with Crippen LogP contribution in [0.1, 0.15) is 30.0 Å². The summed E-state index contributed by atoms with van der Waals surface area (Å²) in [6.45, 7) is 5.66. The van der Waals surface area contributed by atoms with Gasteiger partial charge in [-0.25, -0.2) is 0 Å². The third-order valence-electron chi connectivity index (χ3n) is 2.53. The summed E-state index contributed by atoms with van der Waals surface area (Å²) < 4.78 is 0. The van der Waals surface area contributed by atoms with E-state index < -0.39 is 5.97 Å². The van der Waals surface area contributed by atoms with E-state index in [0.29, 0.717) is 0 Å². The summed E-state index contributed by atoms with van der Waals surface area (Å²) in [7, 11) is 0. The number of carboxylic acid groups (broad SMARTS) is 1. The first-order chi connectivity index (χ1) is 8.36. The number of carboxylic acids is 1. The highest BCUT2D eigenvalue weighted by molar-refractivity contribution is 5.79. The van der Waals surface area contributed by atoms with Crippen LogP contribution in [0.2, 0.25) is 0 Å². The molecule has 0 aliphatic rings. The third-order valence-corrected chi connectivity index (χ3v) is 2.53. The van der Waals surface area contributed by atoms with Crippen molar-refractivity contribution in [2.75, 3.05) is 0 Å². The molecular formula is C14H19NO3. The van der Waals surface area contributed by atoms with E-state index in [1.807, 2.05) is 26.0 Å². The fourth-order valence-electron chi connectivity index (χ4n) is 2.00. The number of aryl methyl sites for hydroxylation is 2. The maximum Gasteiger partial charge on any atom is 0.305 e. The lowest BCUT2D eigenvalue weighted by Crippen LogP contribution is -2.35. The summed E-state index contributed by atoms with van der Waals surface area (Å²) in [6, 6.07) is 5.64. The quantitative estimate of drug-likeness (QED) is 0.836. The van der Waals surface area contributed by atoms with Crippen LogP contribution < -0.4 is 5.32 Å². The average molecular weight is 249 g/mol. The molecule has 0 heterocycles. The number of carbonyl (C=O) groups excluding carboxylic acids is 1. The Morgan fingerprint density at radius 1 is 1.22 bits per heavy atom. The highest BCUT2D eigenvalue weighted by Crippen LogP contribution is 2.09. The first kappa shape index (κ1) is 14.2. The normalized spacial score (nSPS) is 11.9. The fourth-order valence-corrected chi connectivity index (χ4v) is 2.00. The second-order valence-electron chi connectivity index (χ2n) is 4.74. The van der Waals surface area contributed by atoms with Crippen LogP contribution in [0.5, 0.6) is 0 Å². The lowest BCUT2D eigenvalue weighted by Gasteiger charge is -2.12. The molecule has 4 nitrogen and oxygen atoms in total. The molecule has 0 aromatic heterocycles. The second-order valence-corrected chi connectivity index (χ2v) is 4.74. The first-order valence-corrected chi connectivity index (χ1v) is 5.95. The summed E-state index contributed by atoms with van der Waals surface area (Å²) in [5.74, 6) is -1.05. The van der Waals surface area contributed by atoms with Crippen molar-refractivity contribution in [2.24, 2.45) is 0 Å². The number of hydrogen-bond donors (Lipinski definition) is 2. The molecule has 0 aliphatic carbocycles. The molecule has 18 heavy (non-hydrogen) atoms. The van der Waals surface area contributed by atoms with Crippen LogP contribution in [0.4, 0.5) is 0 Å². The van der Waals surface area contributed by atoms with Gasteiger partial charge in [0.2, 0.25) is 5.91 Å². The zero-order valence-electron chi connectivity index (χ0n) is 11.0. The van der Waals surface area contributed by atoms with Gasteiger partial charge in [0.15, 0.2) is 0 Å². The number of carbonyl (C=O) groups is 2. The van der Waals surface area contributed by atoms with Crippen molar-refractivity contribution in [1.29, 1.82) is 0 Å². The summed E-state index contributed by atoms with van der Waals surface area (Å²) in [5, 5.41) is 11.3. The number of amides is 1. The minimum atomic E-state index is -0.908. The van der Waals surface area contributed by atoms with E-state index in [1.165, 1.54) is 0 Å². The van der Waals surface area contributed by atoms with E-state index in [0.717, 1.165) is 16.7 Å². The monoisotopic (exact) mass is 249 g/mol. The minimum Gasteiger partial charge on any atom is -0.481 e. The lowest BCUT2D eigenvalue weighted by atomic mass is 10.0. The molecule has 2 N–H and O–H groups in total. The predicted molar refractivity (Wildman–Crippen MR) is 69.5 cm³/mol. The zero-order valence-corrected chi connectivity index (χ0v) is 11.0. The molecular weight excluding hydrogens is 230 g/mol. The number of aliphatic carboxylic acids is 1. The van der Waals surface area contributed by atoms with Crippen molar-refractivity contribution in [3.05, 3.63) is 34.9 Å². The molecule has 1 atom stereocenters. The highest BCUT2D eigenvalue weighted by atomic mass is 16.4. The Bertz CT molecular complexity index is 434. The van der Waals surface area contributed by atoms with E-state index in [4.69, 9.17) is 5.11 Å². The molecule has 0 bridgehead atoms. The van der Waals surface area contributed by atoms with Crippen molar-refractivity contribution in [2.45, 2.75) is 39.7 Å². The SMILES string of the molecule is Cc1cc(C)cc(CC(=O)NC(C)CC(=O)O)c1. The van der Waals surface area contributed by atoms with E-state index in [9.17, 15) is 9.59 Å². The van der Waals surface area contributed by atoms with Gasteiger partial charge in [-0.05, 0) is 26.3 Å². The maximum atomic E-state index is 11.7. The molecule has 0 fully saturated rings. The smallest absolute Gasteiger partial charge is 0.305 e. The lowest BCUT2D eigenvalue weighted by molar-refractivity contribution is -0.137. The molecule has 1 amide bonds. The first-order valence-electron chi connectivity index (χ1n) is 5.95. The van der Waals surface area contributed by atoms with Gasteiger partial charge in [0, 0.05) is 6.04 Å². The summed E-state index contributed by atoms with van der Waals surface area (Å²) in [6.07, 6.45) is 0.227. The average Bonchev–Trinajstić information content (AvgIpc) is 2.12. The van der Waals surface area contributed by atoms with E-state index in [1.54, 1.807) is 6.92 Å².